The lowest BCUT2D eigenvalue weighted by atomic mass is 9.82. The molecule has 0 aliphatic carbocycles. The number of benzene rings is 3. The Morgan fingerprint density at radius 2 is 1.55 bits per heavy atom. The molecule has 6 aromatic rings. The fourth-order valence-electron chi connectivity index (χ4n) is 4.65. The van der Waals surface area contributed by atoms with Gasteiger partial charge in [0.2, 0.25) is 0 Å². The van der Waals surface area contributed by atoms with Crippen molar-refractivity contribution in [2.45, 2.75) is 33.1 Å². The molecule has 152 valence electrons. The maximum absolute atomic E-state index is 6.45. The second-order valence-electron chi connectivity index (χ2n) is 9.37. The van der Waals surface area contributed by atoms with Crippen molar-refractivity contribution >= 4 is 43.7 Å². The number of hydrogen-bond acceptors (Lipinski definition) is 3. The van der Waals surface area contributed by atoms with Gasteiger partial charge in [-0.05, 0) is 64.6 Å². The summed E-state index contributed by atoms with van der Waals surface area (Å²) >= 11 is 0. The number of aryl methyl sites for hydroxylation is 1. The maximum Gasteiger partial charge on any atom is 0.178 e. The van der Waals surface area contributed by atoms with E-state index in [9.17, 15) is 0 Å². The van der Waals surface area contributed by atoms with Gasteiger partial charge in [0.25, 0.3) is 0 Å². The fourth-order valence-corrected chi connectivity index (χ4v) is 4.65. The highest BCUT2D eigenvalue weighted by molar-refractivity contribution is 6.15. The van der Waals surface area contributed by atoms with Crippen LogP contribution in [0.25, 0.3) is 54.9 Å². The molecule has 0 N–H and O–H groups in total. The van der Waals surface area contributed by atoms with Crippen LogP contribution in [-0.4, -0.2) is 4.98 Å². The number of pyridine rings is 1. The Labute approximate surface area is 180 Å². The minimum Gasteiger partial charge on any atom is -0.460 e. The van der Waals surface area contributed by atoms with Gasteiger partial charge in [-0.25, -0.2) is 0 Å². The smallest absolute Gasteiger partial charge is 0.178 e. The summed E-state index contributed by atoms with van der Waals surface area (Å²) in [5.41, 5.74) is 6.74. The van der Waals surface area contributed by atoms with E-state index >= 15 is 0 Å². The minimum absolute atomic E-state index is 0.00917. The second-order valence-corrected chi connectivity index (χ2v) is 9.37. The van der Waals surface area contributed by atoms with Gasteiger partial charge in [-0.1, -0.05) is 45.0 Å². The van der Waals surface area contributed by atoms with E-state index in [2.05, 4.69) is 76.2 Å². The molecule has 0 saturated carbocycles. The van der Waals surface area contributed by atoms with Crippen LogP contribution in [0.4, 0.5) is 0 Å². The van der Waals surface area contributed by atoms with Crippen molar-refractivity contribution < 1.29 is 8.83 Å². The third kappa shape index (κ3) is 2.63. The van der Waals surface area contributed by atoms with Crippen LogP contribution < -0.4 is 0 Å². The Morgan fingerprint density at radius 1 is 0.774 bits per heavy atom. The highest BCUT2D eigenvalue weighted by Crippen LogP contribution is 2.40. The molecule has 0 unspecified atom stereocenters. The summed E-state index contributed by atoms with van der Waals surface area (Å²) in [5, 5.41) is 5.69. The molecule has 0 radical (unpaired) electrons. The molecular weight excluding hydrogens is 382 g/mol. The summed E-state index contributed by atoms with van der Waals surface area (Å²) in [6.45, 7) is 8.81. The highest BCUT2D eigenvalue weighted by atomic mass is 16.4. The quantitative estimate of drug-likeness (QED) is 0.277. The molecule has 3 nitrogen and oxygen atoms in total. The zero-order valence-electron chi connectivity index (χ0n) is 18.1. The Bertz CT molecular complexity index is 1630. The molecule has 3 heterocycles. The summed E-state index contributed by atoms with van der Waals surface area (Å²) < 4.78 is 12.3. The number of aromatic nitrogens is 1. The lowest BCUT2D eigenvalue weighted by molar-refractivity contribution is 0.596. The van der Waals surface area contributed by atoms with E-state index in [0.717, 1.165) is 49.7 Å². The van der Waals surface area contributed by atoms with Crippen LogP contribution in [0.15, 0.2) is 75.9 Å². The van der Waals surface area contributed by atoms with Gasteiger partial charge in [-0.15, -0.1) is 0 Å². The first-order valence-corrected chi connectivity index (χ1v) is 10.6. The summed E-state index contributed by atoms with van der Waals surface area (Å²) in [4.78, 5) is 4.76. The van der Waals surface area contributed by atoms with E-state index in [1.54, 1.807) is 6.26 Å². The van der Waals surface area contributed by atoms with Crippen molar-refractivity contribution in [3.05, 3.63) is 78.2 Å². The molecule has 0 aliphatic rings. The molecule has 0 amide bonds. The summed E-state index contributed by atoms with van der Waals surface area (Å²) in [6, 6.07) is 19.3. The third-order valence-electron chi connectivity index (χ3n) is 6.23. The molecule has 31 heavy (non-hydrogen) atoms. The predicted octanol–water partition coefficient (Wildman–Crippen LogP) is 8.15. The van der Waals surface area contributed by atoms with E-state index in [1.807, 2.05) is 12.3 Å². The number of furan rings is 2. The van der Waals surface area contributed by atoms with Crippen LogP contribution in [0.2, 0.25) is 0 Å². The Hall–Kier alpha value is -3.59. The van der Waals surface area contributed by atoms with Crippen molar-refractivity contribution in [1.82, 2.24) is 4.98 Å². The van der Waals surface area contributed by atoms with E-state index in [-0.39, 0.29) is 5.41 Å². The van der Waals surface area contributed by atoms with Crippen LogP contribution in [0.3, 0.4) is 0 Å². The SMILES string of the molecule is Cc1coc2c1ccc1c3ccnc(-c4cc(C(C)(C)C)c5ccccc5c4)c3oc12. The highest BCUT2D eigenvalue weighted by Gasteiger charge is 2.21. The first-order chi connectivity index (χ1) is 14.9. The lowest BCUT2D eigenvalue weighted by Gasteiger charge is -2.22. The van der Waals surface area contributed by atoms with Crippen molar-refractivity contribution in [3.8, 4) is 11.3 Å². The molecule has 3 aromatic carbocycles. The standard InChI is InChI=1S/C28H23NO2/c1-16-15-30-26-19(16)9-10-21-22-11-12-29-24(25(22)31-27(21)26)18-13-17-7-5-6-8-20(17)23(14-18)28(2,3)4/h5-15H,1-4H3. The van der Waals surface area contributed by atoms with Crippen molar-refractivity contribution in [1.29, 1.82) is 0 Å². The van der Waals surface area contributed by atoms with E-state index in [0.29, 0.717) is 0 Å². The molecule has 0 spiro atoms. The molecule has 3 aromatic heterocycles. The molecular formula is C28H23NO2. The fraction of sp³-hybridized carbons (Fsp3) is 0.179. The molecule has 6 rings (SSSR count). The van der Waals surface area contributed by atoms with Gasteiger partial charge in [0.15, 0.2) is 16.7 Å². The van der Waals surface area contributed by atoms with Gasteiger partial charge in [0.1, 0.15) is 5.69 Å². The van der Waals surface area contributed by atoms with Gasteiger partial charge in [0.05, 0.1) is 6.26 Å². The largest absolute Gasteiger partial charge is 0.460 e. The van der Waals surface area contributed by atoms with Crippen molar-refractivity contribution in [2.75, 3.05) is 0 Å². The topological polar surface area (TPSA) is 39.2 Å². The zero-order valence-corrected chi connectivity index (χ0v) is 18.1. The number of hydrogen-bond donors (Lipinski definition) is 0. The predicted molar refractivity (Wildman–Crippen MR) is 128 cm³/mol. The maximum atomic E-state index is 6.45. The van der Waals surface area contributed by atoms with Gasteiger partial charge in [-0.3, -0.25) is 4.98 Å². The minimum atomic E-state index is 0.00917. The third-order valence-corrected chi connectivity index (χ3v) is 6.23. The Kier molecular flexibility index (Phi) is 3.64. The Morgan fingerprint density at radius 3 is 2.39 bits per heavy atom. The normalized spacial score (nSPS) is 12.5. The van der Waals surface area contributed by atoms with E-state index in [1.165, 1.54) is 16.3 Å². The van der Waals surface area contributed by atoms with Crippen LogP contribution in [0.5, 0.6) is 0 Å². The molecule has 0 fully saturated rings. The molecule has 0 aliphatic heterocycles. The first-order valence-electron chi connectivity index (χ1n) is 10.6. The van der Waals surface area contributed by atoms with Gasteiger partial charge < -0.3 is 8.83 Å². The van der Waals surface area contributed by atoms with Crippen LogP contribution in [0, 0.1) is 6.92 Å². The van der Waals surface area contributed by atoms with Crippen LogP contribution in [-0.2, 0) is 5.41 Å². The number of fused-ring (bicyclic) bond motifs is 6. The lowest BCUT2D eigenvalue weighted by Crippen LogP contribution is -2.12. The average molecular weight is 405 g/mol. The van der Waals surface area contributed by atoms with Crippen LogP contribution >= 0.6 is 0 Å². The van der Waals surface area contributed by atoms with Crippen molar-refractivity contribution in [2.24, 2.45) is 0 Å². The number of rotatable bonds is 1. The van der Waals surface area contributed by atoms with Gasteiger partial charge in [-0.2, -0.15) is 0 Å². The monoisotopic (exact) mass is 405 g/mol. The Balaban J connectivity index is 1.70. The average Bonchev–Trinajstić information content (AvgIpc) is 3.32. The zero-order chi connectivity index (χ0) is 21.3. The van der Waals surface area contributed by atoms with Crippen LogP contribution in [0.1, 0.15) is 31.9 Å². The molecule has 3 heteroatoms. The summed E-state index contributed by atoms with van der Waals surface area (Å²) in [7, 11) is 0. The van der Waals surface area contributed by atoms with E-state index < -0.39 is 0 Å². The molecule has 0 atom stereocenters. The van der Waals surface area contributed by atoms with E-state index in [4.69, 9.17) is 13.8 Å². The summed E-state index contributed by atoms with van der Waals surface area (Å²) in [6.07, 6.45) is 3.66. The van der Waals surface area contributed by atoms with Crippen molar-refractivity contribution in [3.63, 3.8) is 0 Å². The first kappa shape index (κ1) is 18.2. The summed E-state index contributed by atoms with van der Waals surface area (Å²) in [5.74, 6) is 0. The second kappa shape index (κ2) is 6.21. The van der Waals surface area contributed by atoms with Gasteiger partial charge in [0, 0.05) is 27.9 Å². The van der Waals surface area contributed by atoms with Gasteiger partial charge >= 0.3 is 0 Å². The number of nitrogens with zero attached hydrogens (tertiary/aromatic N) is 1. The molecule has 0 saturated heterocycles. The molecule has 0 bridgehead atoms.